The maximum absolute atomic E-state index is 12.5. The van der Waals surface area contributed by atoms with E-state index in [1.807, 2.05) is 5.38 Å². The Hall–Kier alpha value is -3.73. The van der Waals surface area contributed by atoms with Gasteiger partial charge in [-0.1, -0.05) is 12.1 Å². The molecule has 11 heteroatoms. The molecule has 0 atom stereocenters. The van der Waals surface area contributed by atoms with E-state index < -0.39 is 18.8 Å². The van der Waals surface area contributed by atoms with Gasteiger partial charge in [-0.25, -0.2) is 14.8 Å². The molecule has 7 nitrogen and oxygen atoms in total. The average Bonchev–Trinajstić information content (AvgIpc) is 3.41. The van der Waals surface area contributed by atoms with Gasteiger partial charge >= 0.3 is 12.2 Å². The quantitative estimate of drug-likeness (QED) is 0.414. The van der Waals surface area contributed by atoms with Gasteiger partial charge in [0, 0.05) is 34.6 Å². The van der Waals surface area contributed by atoms with Crippen LogP contribution in [0, 0.1) is 0 Å². The monoisotopic (exact) mass is 459 g/mol. The van der Waals surface area contributed by atoms with Gasteiger partial charge in [0.05, 0.1) is 18.3 Å². The zero-order chi connectivity index (χ0) is 22.7. The Morgan fingerprint density at radius 2 is 1.97 bits per heavy atom. The molecular formula is C21H16F3N5O2S. The number of nitrogens with zero attached hydrogens (tertiary/aromatic N) is 3. The zero-order valence-electron chi connectivity index (χ0n) is 16.4. The minimum Gasteiger partial charge on any atom is -0.329 e. The normalized spacial score (nSPS) is 11.5. The zero-order valence-corrected chi connectivity index (χ0v) is 17.2. The number of Topliss-reactive ketones (excluding diaryl/α,β-unsaturated/α-hetero) is 1. The molecule has 0 saturated carbocycles. The Morgan fingerprint density at radius 1 is 1.12 bits per heavy atom. The van der Waals surface area contributed by atoms with Gasteiger partial charge in [0.2, 0.25) is 0 Å². The molecule has 0 aliphatic carbocycles. The summed E-state index contributed by atoms with van der Waals surface area (Å²) in [7, 11) is 0. The highest BCUT2D eigenvalue weighted by atomic mass is 32.1. The molecule has 0 aliphatic rings. The number of anilines is 1. The number of alkyl halides is 3. The summed E-state index contributed by atoms with van der Waals surface area (Å²) in [6.07, 6.45) is 0.720. The van der Waals surface area contributed by atoms with E-state index in [1.165, 1.54) is 11.3 Å². The fraction of sp³-hybridized carbons (Fsp3) is 0.143. The number of carbonyl (C=O) groups is 2. The van der Waals surface area contributed by atoms with E-state index in [0.29, 0.717) is 28.2 Å². The van der Waals surface area contributed by atoms with Gasteiger partial charge in [0.15, 0.2) is 5.78 Å². The van der Waals surface area contributed by atoms with Crippen molar-refractivity contribution < 1.29 is 22.8 Å². The summed E-state index contributed by atoms with van der Waals surface area (Å²) in [5.41, 5.74) is 2.78. The molecule has 0 saturated heterocycles. The number of urea groups is 1. The number of hydrogen-bond acceptors (Lipinski definition) is 5. The summed E-state index contributed by atoms with van der Waals surface area (Å²) >= 11 is 1.42. The van der Waals surface area contributed by atoms with Crippen molar-refractivity contribution in [1.29, 1.82) is 0 Å². The SMILES string of the molecule is O=C(NCC(F)(F)F)Nc1cccc(-c2cnc3cc(C(=O)Cc4nccs4)ccn23)c1. The fourth-order valence-electron chi connectivity index (χ4n) is 3.06. The minimum absolute atomic E-state index is 0.0666. The van der Waals surface area contributed by atoms with Crippen LogP contribution in [0.2, 0.25) is 0 Å². The highest BCUT2D eigenvalue weighted by Crippen LogP contribution is 2.24. The molecule has 2 N–H and O–H groups in total. The number of pyridine rings is 1. The van der Waals surface area contributed by atoms with Gasteiger partial charge in [-0.05, 0) is 24.3 Å². The van der Waals surface area contributed by atoms with Gasteiger partial charge in [-0.15, -0.1) is 11.3 Å². The van der Waals surface area contributed by atoms with E-state index in [2.05, 4.69) is 15.3 Å². The number of halogens is 3. The Balaban J connectivity index is 1.52. The van der Waals surface area contributed by atoms with Crippen molar-refractivity contribution in [3.63, 3.8) is 0 Å². The molecule has 0 fully saturated rings. The molecular weight excluding hydrogens is 443 g/mol. The first-order chi connectivity index (χ1) is 15.3. The third-order valence-electron chi connectivity index (χ3n) is 4.50. The van der Waals surface area contributed by atoms with Crippen molar-refractivity contribution in [1.82, 2.24) is 19.7 Å². The van der Waals surface area contributed by atoms with Crippen LogP contribution in [0.1, 0.15) is 15.4 Å². The lowest BCUT2D eigenvalue weighted by Gasteiger charge is -2.11. The third-order valence-corrected chi connectivity index (χ3v) is 5.28. The van der Waals surface area contributed by atoms with Gasteiger partial charge in [-0.2, -0.15) is 13.2 Å². The second-order valence-electron chi connectivity index (χ2n) is 6.82. The van der Waals surface area contributed by atoms with Crippen molar-refractivity contribution >= 4 is 34.5 Å². The highest BCUT2D eigenvalue weighted by molar-refractivity contribution is 7.09. The number of nitrogens with one attached hydrogen (secondary N) is 2. The topological polar surface area (TPSA) is 88.4 Å². The molecule has 2 amide bonds. The van der Waals surface area contributed by atoms with Crippen LogP contribution in [0.3, 0.4) is 0 Å². The second kappa shape index (κ2) is 8.79. The molecule has 164 valence electrons. The minimum atomic E-state index is -4.49. The number of thiazole rings is 1. The molecule has 1 aromatic carbocycles. The van der Waals surface area contributed by atoms with E-state index in [1.54, 1.807) is 64.7 Å². The number of hydrogen-bond donors (Lipinski definition) is 2. The van der Waals surface area contributed by atoms with Crippen molar-refractivity contribution in [2.24, 2.45) is 0 Å². The lowest BCUT2D eigenvalue weighted by Crippen LogP contribution is -2.36. The largest absolute Gasteiger partial charge is 0.405 e. The Morgan fingerprint density at radius 3 is 2.72 bits per heavy atom. The van der Waals surface area contributed by atoms with E-state index in [4.69, 9.17) is 0 Å². The summed E-state index contributed by atoms with van der Waals surface area (Å²) in [4.78, 5) is 32.7. The molecule has 0 bridgehead atoms. The number of aromatic nitrogens is 3. The van der Waals surface area contributed by atoms with Crippen LogP contribution < -0.4 is 10.6 Å². The van der Waals surface area contributed by atoms with Crippen LogP contribution in [-0.2, 0) is 6.42 Å². The van der Waals surface area contributed by atoms with Crippen LogP contribution in [-0.4, -0.2) is 38.9 Å². The molecule has 4 rings (SSSR count). The van der Waals surface area contributed by atoms with Crippen LogP contribution in [0.5, 0.6) is 0 Å². The number of carbonyl (C=O) groups excluding carboxylic acids is 2. The lowest BCUT2D eigenvalue weighted by atomic mass is 10.1. The Kier molecular flexibility index (Phi) is 5.91. The van der Waals surface area contributed by atoms with Crippen molar-refractivity contribution in [3.05, 3.63) is 70.9 Å². The predicted molar refractivity (Wildman–Crippen MR) is 114 cm³/mol. The smallest absolute Gasteiger partial charge is 0.329 e. The summed E-state index contributed by atoms with van der Waals surface area (Å²) in [5, 5.41) is 6.69. The van der Waals surface area contributed by atoms with Gasteiger partial charge < -0.3 is 10.6 Å². The average molecular weight is 459 g/mol. The number of benzene rings is 1. The van der Waals surface area contributed by atoms with Crippen LogP contribution in [0.4, 0.5) is 23.7 Å². The van der Waals surface area contributed by atoms with E-state index in [0.717, 1.165) is 5.01 Å². The maximum atomic E-state index is 12.5. The summed E-state index contributed by atoms with van der Waals surface area (Å²) in [6, 6.07) is 9.06. The van der Waals surface area contributed by atoms with Gasteiger partial charge in [0.25, 0.3) is 0 Å². The van der Waals surface area contributed by atoms with E-state index in [-0.39, 0.29) is 12.2 Å². The molecule has 0 radical (unpaired) electrons. The Labute approximate surface area is 183 Å². The molecule has 0 unspecified atom stereocenters. The molecule has 0 aliphatic heterocycles. The third kappa shape index (κ3) is 5.11. The summed E-state index contributed by atoms with van der Waals surface area (Å²) in [6.45, 7) is -1.42. The van der Waals surface area contributed by atoms with Crippen LogP contribution >= 0.6 is 11.3 Å². The van der Waals surface area contributed by atoms with Gasteiger partial charge in [-0.3, -0.25) is 9.20 Å². The highest BCUT2D eigenvalue weighted by Gasteiger charge is 2.27. The first-order valence-corrected chi connectivity index (χ1v) is 10.3. The fourth-order valence-corrected chi connectivity index (χ4v) is 3.67. The number of ketones is 1. The molecule has 4 aromatic rings. The summed E-state index contributed by atoms with van der Waals surface area (Å²) < 4.78 is 38.5. The van der Waals surface area contributed by atoms with Gasteiger partial charge in [0.1, 0.15) is 17.2 Å². The molecule has 0 spiro atoms. The number of imidazole rings is 1. The van der Waals surface area contributed by atoms with E-state index in [9.17, 15) is 22.8 Å². The molecule has 3 heterocycles. The molecule has 3 aromatic heterocycles. The molecule has 32 heavy (non-hydrogen) atoms. The van der Waals surface area contributed by atoms with Crippen molar-refractivity contribution in [3.8, 4) is 11.3 Å². The standard InChI is InChI=1S/C21H16F3N5O2S/c22-21(23,24)12-27-20(31)28-15-3-1-2-13(8-15)16-11-26-18-9-14(4-6-29(16)18)17(30)10-19-25-5-7-32-19/h1-9,11H,10,12H2,(H2,27,28,31). The van der Waals surface area contributed by atoms with Crippen LogP contribution in [0.15, 0.2) is 60.4 Å². The van der Waals surface area contributed by atoms with Crippen molar-refractivity contribution in [2.75, 3.05) is 11.9 Å². The first kappa shape index (κ1) is 21.5. The lowest BCUT2D eigenvalue weighted by molar-refractivity contribution is -0.122. The van der Waals surface area contributed by atoms with E-state index >= 15 is 0 Å². The van der Waals surface area contributed by atoms with Crippen molar-refractivity contribution in [2.45, 2.75) is 12.6 Å². The maximum Gasteiger partial charge on any atom is 0.405 e. The first-order valence-electron chi connectivity index (χ1n) is 9.39. The number of fused-ring (bicyclic) bond motifs is 1. The second-order valence-corrected chi connectivity index (χ2v) is 7.80. The number of amides is 2. The summed E-state index contributed by atoms with van der Waals surface area (Å²) in [5.74, 6) is -0.0666. The van der Waals surface area contributed by atoms with Crippen LogP contribution in [0.25, 0.3) is 16.9 Å². The Bertz CT molecular complexity index is 1270. The number of rotatable bonds is 6. The predicted octanol–water partition coefficient (Wildman–Crippen LogP) is 4.57.